The highest BCUT2D eigenvalue weighted by Crippen LogP contribution is 2.23. The van der Waals surface area contributed by atoms with Gasteiger partial charge in [0.15, 0.2) is 0 Å². The Labute approximate surface area is 83.0 Å². The molecule has 0 aliphatic rings. The van der Waals surface area contributed by atoms with Crippen molar-refractivity contribution in [2.75, 3.05) is 0 Å². The van der Waals surface area contributed by atoms with E-state index in [1.807, 2.05) is 26.2 Å². The van der Waals surface area contributed by atoms with Crippen LogP contribution in [0.3, 0.4) is 0 Å². The van der Waals surface area contributed by atoms with Gasteiger partial charge in [0.1, 0.15) is 5.78 Å². The van der Waals surface area contributed by atoms with Gasteiger partial charge in [0, 0.05) is 17.0 Å². The van der Waals surface area contributed by atoms with Gasteiger partial charge in [-0.3, -0.25) is 4.79 Å². The summed E-state index contributed by atoms with van der Waals surface area (Å²) in [6.07, 6.45) is 3.11. The SMILES string of the molecule is CCC(C)(C)C(=O)Cc1nccs1. The number of hydrogen-bond acceptors (Lipinski definition) is 3. The van der Waals surface area contributed by atoms with Crippen LogP contribution in [0.1, 0.15) is 32.2 Å². The Morgan fingerprint density at radius 3 is 2.77 bits per heavy atom. The summed E-state index contributed by atoms with van der Waals surface area (Å²) in [6.45, 7) is 6.02. The molecule has 1 rings (SSSR count). The summed E-state index contributed by atoms with van der Waals surface area (Å²) in [5, 5.41) is 2.83. The van der Waals surface area contributed by atoms with Crippen molar-refractivity contribution in [1.82, 2.24) is 4.98 Å². The van der Waals surface area contributed by atoms with E-state index >= 15 is 0 Å². The van der Waals surface area contributed by atoms with E-state index < -0.39 is 0 Å². The van der Waals surface area contributed by atoms with E-state index in [1.165, 1.54) is 0 Å². The molecule has 13 heavy (non-hydrogen) atoms. The first-order valence-electron chi connectivity index (χ1n) is 4.48. The van der Waals surface area contributed by atoms with Gasteiger partial charge in [-0.15, -0.1) is 11.3 Å². The third-order valence-electron chi connectivity index (χ3n) is 2.43. The van der Waals surface area contributed by atoms with Crippen LogP contribution in [0.5, 0.6) is 0 Å². The Balaban J connectivity index is 2.61. The van der Waals surface area contributed by atoms with Crippen molar-refractivity contribution < 1.29 is 4.79 Å². The van der Waals surface area contributed by atoms with Gasteiger partial charge in [0.05, 0.1) is 11.4 Å². The minimum absolute atomic E-state index is 0.203. The second-order valence-corrected chi connectivity index (χ2v) is 4.74. The highest BCUT2D eigenvalue weighted by molar-refractivity contribution is 7.09. The smallest absolute Gasteiger partial charge is 0.145 e. The zero-order valence-electron chi connectivity index (χ0n) is 8.33. The normalized spacial score (nSPS) is 11.6. The first-order valence-corrected chi connectivity index (χ1v) is 5.36. The molecule has 0 unspecified atom stereocenters. The van der Waals surface area contributed by atoms with Crippen LogP contribution in [-0.2, 0) is 11.2 Å². The molecule has 0 N–H and O–H groups in total. The average Bonchev–Trinajstić information content (AvgIpc) is 2.57. The van der Waals surface area contributed by atoms with Gasteiger partial charge in [0.2, 0.25) is 0 Å². The molecule has 1 heterocycles. The molecule has 0 amide bonds. The van der Waals surface area contributed by atoms with E-state index in [4.69, 9.17) is 0 Å². The van der Waals surface area contributed by atoms with Crippen LogP contribution < -0.4 is 0 Å². The quantitative estimate of drug-likeness (QED) is 0.742. The maximum absolute atomic E-state index is 11.7. The molecule has 0 saturated heterocycles. The molecule has 0 atom stereocenters. The fourth-order valence-corrected chi connectivity index (χ4v) is 1.53. The van der Waals surface area contributed by atoms with Gasteiger partial charge in [0.25, 0.3) is 0 Å². The second-order valence-electron chi connectivity index (χ2n) is 3.76. The molecule has 0 radical (unpaired) electrons. The highest BCUT2D eigenvalue weighted by Gasteiger charge is 2.25. The molecule has 1 aromatic heterocycles. The molecular formula is C10H15NOS. The third-order valence-corrected chi connectivity index (χ3v) is 3.21. The fraction of sp³-hybridized carbons (Fsp3) is 0.600. The van der Waals surface area contributed by atoms with Crippen molar-refractivity contribution >= 4 is 17.1 Å². The summed E-state index contributed by atoms with van der Waals surface area (Å²) < 4.78 is 0. The lowest BCUT2D eigenvalue weighted by molar-refractivity contribution is -0.126. The van der Waals surface area contributed by atoms with Crippen LogP contribution in [0.25, 0.3) is 0 Å². The lowest BCUT2D eigenvalue weighted by atomic mass is 9.84. The molecule has 0 saturated carbocycles. The van der Waals surface area contributed by atoms with Crippen LogP contribution in [0.4, 0.5) is 0 Å². The number of carbonyl (C=O) groups excluding carboxylic acids is 1. The highest BCUT2D eigenvalue weighted by atomic mass is 32.1. The van der Waals surface area contributed by atoms with Gasteiger partial charge < -0.3 is 0 Å². The molecule has 1 aromatic rings. The Morgan fingerprint density at radius 2 is 2.31 bits per heavy atom. The first-order chi connectivity index (χ1) is 6.06. The van der Waals surface area contributed by atoms with E-state index in [-0.39, 0.29) is 11.2 Å². The van der Waals surface area contributed by atoms with Crippen molar-refractivity contribution in [2.24, 2.45) is 5.41 Å². The summed E-state index contributed by atoms with van der Waals surface area (Å²) in [6, 6.07) is 0. The van der Waals surface area contributed by atoms with Crippen LogP contribution in [0.15, 0.2) is 11.6 Å². The summed E-state index contributed by atoms with van der Waals surface area (Å²) in [4.78, 5) is 15.8. The molecule has 0 fully saturated rings. The van der Waals surface area contributed by atoms with Crippen molar-refractivity contribution in [2.45, 2.75) is 33.6 Å². The minimum Gasteiger partial charge on any atom is -0.299 e. The average molecular weight is 197 g/mol. The van der Waals surface area contributed by atoms with E-state index in [0.29, 0.717) is 6.42 Å². The van der Waals surface area contributed by atoms with E-state index in [1.54, 1.807) is 17.5 Å². The van der Waals surface area contributed by atoms with Gasteiger partial charge >= 0.3 is 0 Å². The molecule has 0 aliphatic heterocycles. The first kappa shape index (κ1) is 10.4. The topological polar surface area (TPSA) is 30.0 Å². The molecule has 0 aromatic carbocycles. The summed E-state index contributed by atoms with van der Waals surface area (Å²) >= 11 is 1.55. The predicted molar refractivity (Wildman–Crippen MR) is 54.9 cm³/mol. The summed E-state index contributed by atoms with van der Waals surface area (Å²) in [7, 11) is 0. The van der Waals surface area contributed by atoms with Gasteiger partial charge in [-0.1, -0.05) is 20.8 Å². The third kappa shape index (κ3) is 2.62. The number of Topliss-reactive ketones (excluding diaryl/α,β-unsaturated/α-hetero) is 1. The lowest BCUT2D eigenvalue weighted by Gasteiger charge is -2.19. The summed E-state index contributed by atoms with van der Waals surface area (Å²) in [5.74, 6) is 0.282. The van der Waals surface area contributed by atoms with Gasteiger partial charge in [-0.05, 0) is 6.42 Å². The predicted octanol–water partition coefficient (Wildman–Crippen LogP) is 2.69. The maximum Gasteiger partial charge on any atom is 0.145 e. The monoisotopic (exact) mass is 197 g/mol. The zero-order chi connectivity index (χ0) is 9.90. The van der Waals surface area contributed by atoms with Crippen LogP contribution in [-0.4, -0.2) is 10.8 Å². The van der Waals surface area contributed by atoms with E-state index in [0.717, 1.165) is 11.4 Å². The number of hydrogen-bond donors (Lipinski definition) is 0. The van der Waals surface area contributed by atoms with Gasteiger partial charge in [-0.2, -0.15) is 0 Å². The number of nitrogens with zero attached hydrogens (tertiary/aromatic N) is 1. The molecule has 0 bridgehead atoms. The fourth-order valence-electron chi connectivity index (χ4n) is 0.914. The largest absolute Gasteiger partial charge is 0.299 e. The number of rotatable bonds is 4. The lowest BCUT2D eigenvalue weighted by Crippen LogP contribution is -2.24. The van der Waals surface area contributed by atoms with E-state index in [2.05, 4.69) is 4.98 Å². The van der Waals surface area contributed by atoms with Crippen LogP contribution >= 0.6 is 11.3 Å². The molecule has 72 valence electrons. The number of aromatic nitrogens is 1. The van der Waals surface area contributed by atoms with Crippen LogP contribution in [0.2, 0.25) is 0 Å². The van der Waals surface area contributed by atoms with Crippen LogP contribution in [0, 0.1) is 5.41 Å². The Bertz CT molecular complexity index is 277. The summed E-state index contributed by atoms with van der Waals surface area (Å²) in [5.41, 5.74) is -0.203. The van der Waals surface area contributed by atoms with Crippen molar-refractivity contribution in [1.29, 1.82) is 0 Å². The molecule has 0 aliphatic carbocycles. The molecule has 3 heteroatoms. The Kier molecular flexibility index (Phi) is 3.20. The van der Waals surface area contributed by atoms with Crippen molar-refractivity contribution in [3.8, 4) is 0 Å². The standard InChI is InChI=1S/C10H15NOS/c1-4-10(2,3)8(12)7-9-11-5-6-13-9/h5-6H,4,7H2,1-3H3. The minimum atomic E-state index is -0.203. The number of carbonyl (C=O) groups is 1. The van der Waals surface area contributed by atoms with E-state index in [9.17, 15) is 4.79 Å². The number of thiazole rings is 1. The maximum atomic E-state index is 11.7. The Morgan fingerprint density at radius 1 is 1.62 bits per heavy atom. The number of ketones is 1. The molecule has 2 nitrogen and oxygen atoms in total. The second kappa shape index (κ2) is 4.01. The zero-order valence-corrected chi connectivity index (χ0v) is 9.15. The van der Waals surface area contributed by atoms with Gasteiger partial charge in [-0.25, -0.2) is 4.98 Å². The molecule has 0 spiro atoms. The van der Waals surface area contributed by atoms with Crippen molar-refractivity contribution in [3.05, 3.63) is 16.6 Å². The molecular weight excluding hydrogens is 182 g/mol. The van der Waals surface area contributed by atoms with Crippen molar-refractivity contribution in [3.63, 3.8) is 0 Å². The Hall–Kier alpha value is -0.700.